The fourth-order valence-electron chi connectivity index (χ4n) is 5.00. The minimum atomic E-state index is -0.251. The first-order valence-electron chi connectivity index (χ1n) is 13.1. The number of carbonyl (C=O) groups excluding carboxylic acids is 1. The fraction of sp³-hybridized carbons (Fsp3) is 0.400. The first-order valence-corrected chi connectivity index (χ1v) is 13.1. The van der Waals surface area contributed by atoms with E-state index in [2.05, 4.69) is 70.7 Å². The molecule has 188 valence electrons. The van der Waals surface area contributed by atoms with Gasteiger partial charge >= 0.3 is 0 Å². The number of hydrogen-bond donors (Lipinski definition) is 2. The van der Waals surface area contributed by atoms with Crippen LogP contribution in [-0.4, -0.2) is 52.3 Å². The van der Waals surface area contributed by atoms with Crippen LogP contribution in [0.4, 0.5) is 0 Å². The molecule has 6 heteroatoms. The number of likely N-dealkylation sites (N-methyl/N-ethyl adjacent to an activating group) is 1. The van der Waals surface area contributed by atoms with Gasteiger partial charge in [-0.05, 0) is 93.4 Å². The number of aromatic amines is 1. The summed E-state index contributed by atoms with van der Waals surface area (Å²) in [5, 5.41) is 14.0. The number of fused-ring (bicyclic) bond motifs is 2. The number of nitrogens with zero attached hydrogens (tertiary/aromatic N) is 2. The Balaban J connectivity index is 1.38. The van der Waals surface area contributed by atoms with E-state index in [0.29, 0.717) is 11.6 Å². The van der Waals surface area contributed by atoms with Crippen molar-refractivity contribution in [1.29, 1.82) is 0 Å². The predicted octanol–water partition coefficient (Wildman–Crippen LogP) is 6.16. The quantitative estimate of drug-likeness (QED) is 0.314. The third kappa shape index (κ3) is 4.96. The monoisotopic (exact) mass is 484 g/mol. The smallest absolute Gasteiger partial charge is 0.251 e. The molecule has 6 nitrogen and oxygen atoms in total. The van der Waals surface area contributed by atoms with Gasteiger partial charge in [-0.25, -0.2) is 0 Å². The van der Waals surface area contributed by atoms with Gasteiger partial charge in [0, 0.05) is 28.1 Å². The topological polar surface area (TPSA) is 70.2 Å². The van der Waals surface area contributed by atoms with E-state index in [0.717, 1.165) is 58.3 Å². The van der Waals surface area contributed by atoms with Crippen LogP contribution in [0.1, 0.15) is 57.3 Å². The average Bonchev–Trinajstić information content (AvgIpc) is 3.53. The second-order valence-electron chi connectivity index (χ2n) is 10.5. The molecule has 0 radical (unpaired) electrons. The van der Waals surface area contributed by atoms with E-state index in [9.17, 15) is 4.79 Å². The van der Waals surface area contributed by atoms with Crippen LogP contribution in [0.15, 0.2) is 54.6 Å². The second-order valence-corrected chi connectivity index (χ2v) is 10.5. The molecule has 1 aliphatic heterocycles. The standard InChI is InChI=1S/C30H36N4O2/c1-5-30(3,4)31-29(35)23-12-14-27-26(18-23)28(33-32-27)22-10-9-21-17-25(13-11-20(21)16-22)36-19-24-8-7-15-34(24)6-2/h9-14,16-18,24H,5-8,15,19H2,1-4H3,(H,31,35)(H,32,33)/t24-/m1/s1. The van der Waals surface area contributed by atoms with Crippen LogP contribution in [0.3, 0.4) is 0 Å². The number of benzene rings is 3. The molecule has 1 saturated heterocycles. The molecule has 0 spiro atoms. The predicted molar refractivity (Wildman–Crippen MR) is 147 cm³/mol. The normalized spacial score (nSPS) is 16.6. The minimum Gasteiger partial charge on any atom is -0.492 e. The van der Waals surface area contributed by atoms with Crippen molar-refractivity contribution in [2.45, 2.75) is 58.5 Å². The van der Waals surface area contributed by atoms with Crippen molar-refractivity contribution in [3.8, 4) is 17.0 Å². The minimum absolute atomic E-state index is 0.0680. The van der Waals surface area contributed by atoms with Crippen molar-refractivity contribution in [2.75, 3.05) is 19.7 Å². The summed E-state index contributed by atoms with van der Waals surface area (Å²) in [4.78, 5) is 15.4. The van der Waals surface area contributed by atoms with Crippen LogP contribution >= 0.6 is 0 Å². The van der Waals surface area contributed by atoms with E-state index in [1.807, 2.05) is 32.0 Å². The highest BCUT2D eigenvalue weighted by atomic mass is 16.5. The molecule has 1 aromatic heterocycles. The van der Waals surface area contributed by atoms with Gasteiger partial charge in [0.05, 0.1) is 11.2 Å². The molecule has 1 atom stereocenters. The summed E-state index contributed by atoms with van der Waals surface area (Å²) in [5.41, 5.74) is 3.15. The lowest BCUT2D eigenvalue weighted by atomic mass is 10.00. The average molecular weight is 485 g/mol. The summed E-state index contributed by atoms with van der Waals surface area (Å²) < 4.78 is 6.17. The van der Waals surface area contributed by atoms with E-state index in [1.54, 1.807) is 0 Å². The SMILES string of the molecule is CCN1CCC[C@@H]1COc1ccc2cc(-c3n[nH]c4ccc(C(=O)NC(C)(C)CC)cc34)ccc2c1. The van der Waals surface area contributed by atoms with Crippen molar-refractivity contribution in [3.63, 3.8) is 0 Å². The van der Waals surface area contributed by atoms with Gasteiger partial charge < -0.3 is 10.1 Å². The van der Waals surface area contributed by atoms with Crippen LogP contribution in [0, 0.1) is 0 Å². The molecule has 0 saturated carbocycles. The van der Waals surface area contributed by atoms with Crippen LogP contribution in [0.2, 0.25) is 0 Å². The Labute approximate surface area is 213 Å². The lowest BCUT2D eigenvalue weighted by Crippen LogP contribution is -2.42. The van der Waals surface area contributed by atoms with Gasteiger partial charge in [0.25, 0.3) is 5.91 Å². The Bertz CT molecular complexity index is 1390. The van der Waals surface area contributed by atoms with Crippen molar-refractivity contribution in [3.05, 3.63) is 60.2 Å². The Morgan fingerprint density at radius 1 is 1.11 bits per heavy atom. The molecule has 0 bridgehead atoms. The molecule has 1 aliphatic rings. The summed E-state index contributed by atoms with van der Waals surface area (Å²) in [6.45, 7) is 11.4. The number of rotatable bonds is 8. The molecule has 2 N–H and O–H groups in total. The number of ether oxygens (including phenoxy) is 1. The highest BCUT2D eigenvalue weighted by molar-refractivity contribution is 6.02. The Kier molecular flexibility index (Phi) is 6.71. The summed E-state index contributed by atoms with van der Waals surface area (Å²) in [6, 6.07) is 18.9. The zero-order chi connectivity index (χ0) is 25.3. The Morgan fingerprint density at radius 2 is 1.92 bits per heavy atom. The number of hydrogen-bond acceptors (Lipinski definition) is 4. The summed E-state index contributed by atoms with van der Waals surface area (Å²) in [5.74, 6) is 0.843. The molecule has 1 amide bonds. The van der Waals surface area contributed by atoms with Crippen LogP contribution < -0.4 is 10.1 Å². The molecule has 36 heavy (non-hydrogen) atoms. The first kappa shape index (κ1) is 24.3. The molecular weight excluding hydrogens is 448 g/mol. The van der Waals surface area contributed by atoms with Crippen molar-refractivity contribution >= 4 is 27.6 Å². The molecule has 3 aromatic carbocycles. The summed E-state index contributed by atoms with van der Waals surface area (Å²) in [7, 11) is 0. The van der Waals surface area contributed by atoms with Crippen LogP contribution in [0.5, 0.6) is 5.75 Å². The maximum absolute atomic E-state index is 12.9. The molecule has 0 unspecified atom stereocenters. The third-order valence-corrected chi connectivity index (χ3v) is 7.59. The van der Waals surface area contributed by atoms with Gasteiger partial charge in [0.15, 0.2) is 0 Å². The van der Waals surface area contributed by atoms with E-state index in [-0.39, 0.29) is 11.4 Å². The Morgan fingerprint density at radius 3 is 2.72 bits per heavy atom. The number of H-pyrrole nitrogens is 1. The second kappa shape index (κ2) is 9.94. The molecule has 5 rings (SSSR count). The molecule has 1 fully saturated rings. The van der Waals surface area contributed by atoms with Gasteiger partial charge in [0.2, 0.25) is 0 Å². The summed E-state index contributed by atoms with van der Waals surface area (Å²) in [6.07, 6.45) is 3.33. The van der Waals surface area contributed by atoms with Gasteiger partial charge in [-0.15, -0.1) is 0 Å². The van der Waals surface area contributed by atoms with Gasteiger partial charge in [0.1, 0.15) is 12.4 Å². The zero-order valence-electron chi connectivity index (χ0n) is 21.7. The maximum Gasteiger partial charge on any atom is 0.251 e. The van der Waals surface area contributed by atoms with Gasteiger partial charge in [-0.1, -0.05) is 32.0 Å². The molecule has 4 aromatic rings. The van der Waals surface area contributed by atoms with E-state index < -0.39 is 0 Å². The zero-order valence-corrected chi connectivity index (χ0v) is 21.7. The molecule has 0 aliphatic carbocycles. The first-order chi connectivity index (χ1) is 17.4. The number of aromatic nitrogens is 2. The fourth-order valence-corrected chi connectivity index (χ4v) is 5.00. The third-order valence-electron chi connectivity index (χ3n) is 7.59. The number of likely N-dealkylation sites (tertiary alicyclic amines) is 1. The Hall–Kier alpha value is -3.38. The molecule has 2 heterocycles. The van der Waals surface area contributed by atoms with Crippen molar-refractivity contribution in [1.82, 2.24) is 20.4 Å². The van der Waals surface area contributed by atoms with E-state index in [1.165, 1.54) is 19.4 Å². The van der Waals surface area contributed by atoms with Crippen LogP contribution in [0.25, 0.3) is 32.9 Å². The van der Waals surface area contributed by atoms with Crippen LogP contribution in [-0.2, 0) is 0 Å². The lowest BCUT2D eigenvalue weighted by molar-refractivity contribution is 0.0911. The van der Waals surface area contributed by atoms with E-state index in [4.69, 9.17) is 4.74 Å². The number of nitrogens with one attached hydrogen (secondary N) is 2. The lowest BCUT2D eigenvalue weighted by Gasteiger charge is -2.24. The molecular formula is C30H36N4O2. The maximum atomic E-state index is 12.9. The largest absolute Gasteiger partial charge is 0.492 e. The highest BCUT2D eigenvalue weighted by Gasteiger charge is 2.23. The van der Waals surface area contributed by atoms with E-state index >= 15 is 0 Å². The summed E-state index contributed by atoms with van der Waals surface area (Å²) >= 11 is 0. The number of amides is 1. The van der Waals surface area contributed by atoms with Crippen molar-refractivity contribution < 1.29 is 9.53 Å². The van der Waals surface area contributed by atoms with Crippen molar-refractivity contribution in [2.24, 2.45) is 0 Å². The number of carbonyl (C=O) groups is 1. The highest BCUT2D eigenvalue weighted by Crippen LogP contribution is 2.31. The van der Waals surface area contributed by atoms with Gasteiger partial charge in [-0.2, -0.15) is 5.10 Å². The van der Waals surface area contributed by atoms with Gasteiger partial charge in [-0.3, -0.25) is 14.8 Å².